The van der Waals surface area contributed by atoms with Gasteiger partial charge in [-0.05, 0) is 56.7 Å². The van der Waals surface area contributed by atoms with E-state index in [-0.39, 0.29) is 5.41 Å². The molecule has 106 valence electrons. The first-order valence-corrected chi connectivity index (χ1v) is 7.46. The highest BCUT2D eigenvalue weighted by Crippen LogP contribution is 2.31. The molecule has 0 saturated heterocycles. The maximum Gasteiger partial charge on any atom is 0.141 e. The molecule has 3 heteroatoms. The number of rotatable bonds is 3. The van der Waals surface area contributed by atoms with Crippen LogP contribution >= 0.6 is 15.9 Å². The number of halogens is 1. The van der Waals surface area contributed by atoms with E-state index >= 15 is 0 Å². The molecule has 0 atom stereocenters. The first kappa shape index (κ1) is 15.1. The van der Waals surface area contributed by atoms with Gasteiger partial charge in [-0.3, -0.25) is 0 Å². The number of hydrogen-bond acceptors (Lipinski definition) is 2. The Labute approximate surface area is 129 Å². The lowest BCUT2D eigenvalue weighted by molar-refractivity contribution is 0.478. The summed E-state index contributed by atoms with van der Waals surface area (Å²) in [5.74, 6) is 1.63. The molecule has 0 radical (unpaired) electrons. The van der Waals surface area contributed by atoms with Crippen LogP contribution in [-0.2, 0) is 12.0 Å². The molecule has 2 aromatic carbocycles. The third-order valence-corrected chi connectivity index (χ3v) is 3.80. The van der Waals surface area contributed by atoms with Gasteiger partial charge in [0, 0.05) is 6.54 Å². The van der Waals surface area contributed by atoms with Crippen molar-refractivity contribution in [3.05, 3.63) is 58.1 Å². The van der Waals surface area contributed by atoms with Gasteiger partial charge in [0.25, 0.3) is 0 Å². The number of nitrogens with two attached hydrogens (primary N) is 1. The summed E-state index contributed by atoms with van der Waals surface area (Å²) in [5.41, 5.74) is 8.14. The molecular weight excluding hydrogens is 314 g/mol. The van der Waals surface area contributed by atoms with Crippen LogP contribution in [0.5, 0.6) is 11.5 Å². The van der Waals surface area contributed by atoms with Crippen LogP contribution in [0.3, 0.4) is 0 Å². The van der Waals surface area contributed by atoms with Crippen molar-refractivity contribution in [3.8, 4) is 11.5 Å². The normalized spacial score (nSPS) is 11.4. The van der Waals surface area contributed by atoms with E-state index in [0.717, 1.165) is 21.5 Å². The summed E-state index contributed by atoms with van der Waals surface area (Å²) in [6.45, 7) is 7.13. The summed E-state index contributed by atoms with van der Waals surface area (Å²) >= 11 is 3.51. The zero-order valence-corrected chi connectivity index (χ0v) is 13.7. The Hall–Kier alpha value is -1.32. The van der Waals surface area contributed by atoms with Crippen molar-refractivity contribution < 1.29 is 4.74 Å². The first-order chi connectivity index (χ1) is 9.40. The third-order valence-electron chi connectivity index (χ3n) is 3.18. The van der Waals surface area contributed by atoms with Gasteiger partial charge in [0.05, 0.1) is 4.47 Å². The zero-order chi connectivity index (χ0) is 14.8. The second-order valence-electron chi connectivity index (χ2n) is 5.85. The van der Waals surface area contributed by atoms with Crippen LogP contribution in [0, 0.1) is 0 Å². The monoisotopic (exact) mass is 333 g/mol. The second-order valence-corrected chi connectivity index (χ2v) is 6.70. The van der Waals surface area contributed by atoms with Crippen LogP contribution in [0.2, 0.25) is 0 Å². The molecule has 0 fully saturated rings. The van der Waals surface area contributed by atoms with Crippen molar-refractivity contribution in [1.29, 1.82) is 0 Å². The predicted molar refractivity (Wildman–Crippen MR) is 87.2 cm³/mol. The Bertz CT molecular complexity index is 585. The standard InChI is InChI=1S/C17H20BrNO/c1-17(2,3)13-5-7-14(8-6-13)20-16-9-4-12(11-19)10-15(16)18/h4-10H,11,19H2,1-3H3. The average Bonchev–Trinajstić information content (AvgIpc) is 2.40. The minimum Gasteiger partial charge on any atom is -0.456 e. The minimum absolute atomic E-state index is 0.155. The van der Waals surface area contributed by atoms with Crippen LogP contribution in [-0.4, -0.2) is 0 Å². The summed E-state index contributed by atoms with van der Waals surface area (Å²) in [6.07, 6.45) is 0. The SMILES string of the molecule is CC(C)(C)c1ccc(Oc2ccc(CN)cc2Br)cc1. The highest BCUT2D eigenvalue weighted by atomic mass is 79.9. The van der Waals surface area contributed by atoms with Crippen molar-refractivity contribution >= 4 is 15.9 Å². The Morgan fingerprint density at radius 3 is 2.20 bits per heavy atom. The van der Waals surface area contributed by atoms with E-state index in [1.807, 2.05) is 30.3 Å². The summed E-state index contributed by atoms with van der Waals surface area (Å²) in [6, 6.07) is 14.1. The van der Waals surface area contributed by atoms with E-state index in [1.54, 1.807) is 0 Å². The molecule has 0 saturated carbocycles. The van der Waals surface area contributed by atoms with E-state index in [1.165, 1.54) is 5.56 Å². The molecule has 20 heavy (non-hydrogen) atoms. The lowest BCUT2D eigenvalue weighted by Gasteiger charge is -2.19. The molecule has 2 N–H and O–H groups in total. The second kappa shape index (κ2) is 5.98. The van der Waals surface area contributed by atoms with Crippen molar-refractivity contribution in [2.45, 2.75) is 32.7 Å². The fourth-order valence-corrected chi connectivity index (χ4v) is 2.41. The molecule has 0 aromatic heterocycles. The van der Waals surface area contributed by atoms with Gasteiger partial charge in [0.1, 0.15) is 11.5 Å². The van der Waals surface area contributed by atoms with Crippen LogP contribution < -0.4 is 10.5 Å². The molecule has 2 aromatic rings. The Kier molecular flexibility index (Phi) is 4.51. The van der Waals surface area contributed by atoms with E-state index < -0.39 is 0 Å². The topological polar surface area (TPSA) is 35.2 Å². The van der Waals surface area contributed by atoms with E-state index in [2.05, 4.69) is 48.8 Å². The van der Waals surface area contributed by atoms with Gasteiger partial charge in [-0.15, -0.1) is 0 Å². The fourth-order valence-electron chi connectivity index (χ4n) is 1.90. The van der Waals surface area contributed by atoms with Crippen molar-refractivity contribution in [2.75, 3.05) is 0 Å². The maximum atomic E-state index is 5.89. The van der Waals surface area contributed by atoms with E-state index in [9.17, 15) is 0 Å². The highest BCUT2D eigenvalue weighted by molar-refractivity contribution is 9.10. The quantitative estimate of drug-likeness (QED) is 0.857. The summed E-state index contributed by atoms with van der Waals surface area (Å²) in [7, 11) is 0. The van der Waals surface area contributed by atoms with Gasteiger partial charge in [-0.25, -0.2) is 0 Å². The molecule has 0 spiro atoms. The van der Waals surface area contributed by atoms with Crippen LogP contribution in [0.4, 0.5) is 0 Å². The summed E-state index contributed by atoms with van der Waals surface area (Å²) in [4.78, 5) is 0. The van der Waals surface area contributed by atoms with Crippen molar-refractivity contribution in [1.82, 2.24) is 0 Å². The van der Waals surface area contributed by atoms with Gasteiger partial charge < -0.3 is 10.5 Å². The fraction of sp³-hybridized carbons (Fsp3) is 0.294. The molecular formula is C17H20BrNO. The first-order valence-electron chi connectivity index (χ1n) is 6.67. The molecule has 0 aliphatic carbocycles. The molecule has 0 amide bonds. The Morgan fingerprint density at radius 2 is 1.70 bits per heavy atom. The van der Waals surface area contributed by atoms with Gasteiger partial charge in [0.2, 0.25) is 0 Å². The smallest absolute Gasteiger partial charge is 0.141 e. The van der Waals surface area contributed by atoms with Gasteiger partial charge in [-0.1, -0.05) is 39.0 Å². The average molecular weight is 334 g/mol. The summed E-state index contributed by atoms with van der Waals surface area (Å²) < 4.78 is 6.81. The lowest BCUT2D eigenvalue weighted by atomic mass is 9.87. The Balaban J connectivity index is 2.18. The predicted octanol–water partition coefficient (Wildman–Crippen LogP) is 5.00. The minimum atomic E-state index is 0.155. The van der Waals surface area contributed by atoms with E-state index in [4.69, 9.17) is 10.5 Å². The number of benzene rings is 2. The molecule has 2 rings (SSSR count). The zero-order valence-electron chi connectivity index (χ0n) is 12.1. The Morgan fingerprint density at radius 1 is 1.05 bits per heavy atom. The highest BCUT2D eigenvalue weighted by Gasteiger charge is 2.13. The largest absolute Gasteiger partial charge is 0.456 e. The molecule has 0 aliphatic rings. The molecule has 0 aliphatic heterocycles. The molecule has 0 bridgehead atoms. The molecule has 0 unspecified atom stereocenters. The summed E-state index contributed by atoms with van der Waals surface area (Å²) in [5, 5.41) is 0. The van der Waals surface area contributed by atoms with Gasteiger partial charge in [-0.2, -0.15) is 0 Å². The van der Waals surface area contributed by atoms with Crippen LogP contribution in [0.1, 0.15) is 31.9 Å². The maximum absolute atomic E-state index is 5.89. The van der Waals surface area contributed by atoms with Crippen molar-refractivity contribution in [3.63, 3.8) is 0 Å². The third kappa shape index (κ3) is 3.62. The number of ether oxygens (including phenoxy) is 1. The van der Waals surface area contributed by atoms with Gasteiger partial charge in [0.15, 0.2) is 0 Å². The molecule has 0 heterocycles. The van der Waals surface area contributed by atoms with Crippen LogP contribution in [0.25, 0.3) is 0 Å². The lowest BCUT2D eigenvalue weighted by Crippen LogP contribution is -2.10. The molecule has 2 nitrogen and oxygen atoms in total. The van der Waals surface area contributed by atoms with Gasteiger partial charge >= 0.3 is 0 Å². The van der Waals surface area contributed by atoms with Crippen LogP contribution in [0.15, 0.2) is 46.9 Å². The number of hydrogen-bond donors (Lipinski definition) is 1. The van der Waals surface area contributed by atoms with Crippen molar-refractivity contribution in [2.24, 2.45) is 5.73 Å². The van der Waals surface area contributed by atoms with E-state index in [0.29, 0.717) is 6.54 Å².